The molecule has 1 aliphatic rings. The third kappa shape index (κ3) is 3.79. The van der Waals surface area contributed by atoms with E-state index in [4.69, 9.17) is 4.74 Å². The van der Waals surface area contributed by atoms with E-state index in [2.05, 4.69) is 14.3 Å². The summed E-state index contributed by atoms with van der Waals surface area (Å²) in [5.41, 5.74) is 0.983. The monoisotopic (exact) mass is 332 g/mol. The van der Waals surface area contributed by atoms with Crippen molar-refractivity contribution in [2.24, 2.45) is 0 Å². The van der Waals surface area contributed by atoms with Gasteiger partial charge in [0.2, 0.25) is 11.0 Å². The van der Waals surface area contributed by atoms with Crippen molar-refractivity contribution in [1.29, 1.82) is 0 Å². The van der Waals surface area contributed by atoms with E-state index in [1.807, 2.05) is 36.1 Å². The molecule has 1 amide bonds. The average molecular weight is 332 g/mol. The maximum absolute atomic E-state index is 12.5. The van der Waals surface area contributed by atoms with E-state index >= 15 is 0 Å². The lowest BCUT2D eigenvalue weighted by molar-refractivity contribution is -0.130. The van der Waals surface area contributed by atoms with E-state index in [1.54, 1.807) is 7.11 Å². The van der Waals surface area contributed by atoms with Gasteiger partial charge in [0.05, 0.1) is 13.5 Å². The smallest absolute Gasteiger partial charge is 0.227 e. The number of ether oxygens (including phenoxy) is 1. The van der Waals surface area contributed by atoms with Crippen molar-refractivity contribution in [3.8, 4) is 5.75 Å². The van der Waals surface area contributed by atoms with Gasteiger partial charge in [-0.2, -0.15) is 4.37 Å². The van der Waals surface area contributed by atoms with E-state index in [0.29, 0.717) is 6.42 Å². The number of hydrogen-bond donors (Lipinski definition) is 0. The molecule has 0 unspecified atom stereocenters. The first-order valence-corrected chi connectivity index (χ1v) is 8.39. The van der Waals surface area contributed by atoms with Gasteiger partial charge in [-0.3, -0.25) is 4.79 Å². The molecule has 1 fully saturated rings. The van der Waals surface area contributed by atoms with E-state index in [-0.39, 0.29) is 5.91 Å². The molecule has 0 radical (unpaired) electrons. The number of benzene rings is 1. The molecule has 2 aromatic rings. The first-order valence-electron chi connectivity index (χ1n) is 7.61. The van der Waals surface area contributed by atoms with Gasteiger partial charge in [0, 0.05) is 37.7 Å². The minimum atomic E-state index is 0.159. The van der Waals surface area contributed by atoms with E-state index < -0.39 is 0 Å². The summed E-state index contributed by atoms with van der Waals surface area (Å²) in [6.45, 7) is 4.95. The fourth-order valence-electron chi connectivity index (χ4n) is 2.63. The molecule has 7 heteroatoms. The van der Waals surface area contributed by atoms with Crippen LogP contribution in [0.4, 0.5) is 5.13 Å². The van der Waals surface area contributed by atoms with Crippen molar-refractivity contribution in [3.05, 3.63) is 35.7 Å². The largest absolute Gasteiger partial charge is 0.497 e. The number of methoxy groups -OCH3 is 1. The summed E-state index contributed by atoms with van der Waals surface area (Å²) >= 11 is 1.42. The first kappa shape index (κ1) is 15.7. The number of aryl methyl sites for hydroxylation is 1. The molecule has 0 atom stereocenters. The van der Waals surface area contributed by atoms with Crippen LogP contribution in [0.2, 0.25) is 0 Å². The summed E-state index contributed by atoms with van der Waals surface area (Å²) < 4.78 is 9.42. The minimum absolute atomic E-state index is 0.159. The Morgan fingerprint density at radius 2 is 2.09 bits per heavy atom. The second-order valence-electron chi connectivity index (χ2n) is 5.52. The SMILES string of the molecule is COc1cccc(CC(=O)N2CCN(c3nc(C)ns3)CC2)c1. The molecule has 0 aliphatic carbocycles. The molecule has 23 heavy (non-hydrogen) atoms. The van der Waals surface area contributed by atoms with Crippen molar-refractivity contribution < 1.29 is 9.53 Å². The van der Waals surface area contributed by atoms with Crippen molar-refractivity contribution in [2.75, 3.05) is 38.2 Å². The Morgan fingerprint density at radius 1 is 1.30 bits per heavy atom. The number of aromatic nitrogens is 2. The second-order valence-corrected chi connectivity index (χ2v) is 6.25. The molecule has 0 spiro atoms. The van der Waals surface area contributed by atoms with Gasteiger partial charge >= 0.3 is 0 Å². The van der Waals surface area contributed by atoms with Gasteiger partial charge in [-0.15, -0.1) is 0 Å². The number of nitrogens with zero attached hydrogens (tertiary/aromatic N) is 4. The van der Waals surface area contributed by atoms with Crippen LogP contribution in [0.1, 0.15) is 11.4 Å². The molecule has 0 N–H and O–H groups in total. The van der Waals surface area contributed by atoms with Gasteiger partial charge in [-0.1, -0.05) is 12.1 Å². The van der Waals surface area contributed by atoms with E-state index in [1.165, 1.54) is 11.5 Å². The normalized spacial score (nSPS) is 14.9. The Balaban J connectivity index is 1.55. The van der Waals surface area contributed by atoms with Crippen LogP contribution in [0.3, 0.4) is 0 Å². The highest BCUT2D eigenvalue weighted by molar-refractivity contribution is 7.09. The molecule has 1 aromatic carbocycles. The van der Waals surface area contributed by atoms with Crippen molar-refractivity contribution in [1.82, 2.24) is 14.3 Å². The van der Waals surface area contributed by atoms with Gasteiger partial charge in [0.25, 0.3) is 0 Å². The zero-order valence-electron chi connectivity index (χ0n) is 13.4. The molecular formula is C16H20N4O2S. The summed E-state index contributed by atoms with van der Waals surface area (Å²) in [5, 5.41) is 0.947. The molecule has 6 nitrogen and oxygen atoms in total. The molecule has 0 saturated carbocycles. The quantitative estimate of drug-likeness (QED) is 0.854. The van der Waals surface area contributed by atoms with Gasteiger partial charge in [-0.05, 0) is 24.6 Å². The predicted molar refractivity (Wildman–Crippen MR) is 90.1 cm³/mol. The van der Waals surface area contributed by atoms with Crippen LogP contribution in [0.15, 0.2) is 24.3 Å². The fraction of sp³-hybridized carbons (Fsp3) is 0.438. The molecule has 0 bridgehead atoms. The summed E-state index contributed by atoms with van der Waals surface area (Å²) in [5.74, 6) is 1.75. The maximum Gasteiger partial charge on any atom is 0.227 e. The first-order chi connectivity index (χ1) is 11.2. The van der Waals surface area contributed by atoms with Crippen molar-refractivity contribution in [2.45, 2.75) is 13.3 Å². The van der Waals surface area contributed by atoms with Gasteiger partial charge in [0.15, 0.2) is 0 Å². The topological polar surface area (TPSA) is 58.6 Å². The lowest BCUT2D eigenvalue weighted by Gasteiger charge is -2.34. The van der Waals surface area contributed by atoms with Crippen LogP contribution < -0.4 is 9.64 Å². The highest BCUT2D eigenvalue weighted by atomic mass is 32.1. The van der Waals surface area contributed by atoms with Crippen LogP contribution in [-0.4, -0.2) is 53.5 Å². The predicted octanol–water partition coefficient (Wildman–Crippen LogP) is 1.75. The lowest BCUT2D eigenvalue weighted by Crippen LogP contribution is -2.49. The zero-order valence-corrected chi connectivity index (χ0v) is 14.2. The average Bonchev–Trinajstić information content (AvgIpc) is 3.01. The summed E-state index contributed by atoms with van der Waals surface area (Å²) in [6.07, 6.45) is 0.412. The standard InChI is InChI=1S/C16H20N4O2S/c1-12-17-16(23-18-12)20-8-6-19(7-9-20)15(21)11-13-4-3-5-14(10-13)22-2/h3-5,10H,6-9,11H2,1-2H3. The maximum atomic E-state index is 12.5. The minimum Gasteiger partial charge on any atom is -0.497 e. The van der Waals surface area contributed by atoms with Crippen LogP contribution in [0.25, 0.3) is 0 Å². The number of hydrogen-bond acceptors (Lipinski definition) is 6. The molecule has 1 aromatic heterocycles. The van der Waals surface area contributed by atoms with E-state index in [9.17, 15) is 4.79 Å². The number of rotatable bonds is 4. The third-order valence-corrected chi connectivity index (χ3v) is 4.78. The highest BCUT2D eigenvalue weighted by Crippen LogP contribution is 2.19. The number of carbonyl (C=O) groups excluding carboxylic acids is 1. The fourth-order valence-corrected chi connectivity index (χ4v) is 3.36. The van der Waals surface area contributed by atoms with Crippen LogP contribution in [-0.2, 0) is 11.2 Å². The van der Waals surface area contributed by atoms with E-state index in [0.717, 1.165) is 48.4 Å². The van der Waals surface area contributed by atoms with Gasteiger partial charge in [0.1, 0.15) is 11.6 Å². The second kappa shape index (κ2) is 6.95. The zero-order chi connectivity index (χ0) is 16.2. The Kier molecular flexibility index (Phi) is 4.76. The highest BCUT2D eigenvalue weighted by Gasteiger charge is 2.23. The Bertz CT molecular complexity index is 680. The van der Waals surface area contributed by atoms with Crippen molar-refractivity contribution in [3.63, 3.8) is 0 Å². The molecule has 1 saturated heterocycles. The van der Waals surface area contributed by atoms with Crippen molar-refractivity contribution >= 4 is 22.6 Å². The molecule has 1 aliphatic heterocycles. The van der Waals surface area contributed by atoms with Gasteiger partial charge in [-0.25, -0.2) is 4.98 Å². The van der Waals surface area contributed by atoms with Crippen LogP contribution in [0, 0.1) is 6.92 Å². The molecule has 2 heterocycles. The number of piperazine rings is 1. The Morgan fingerprint density at radius 3 is 2.74 bits per heavy atom. The van der Waals surface area contributed by atoms with Crippen LogP contribution >= 0.6 is 11.5 Å². The number of amides is 1. The van der Waals surface area contributed by atoms with Crippen LogP contribution in [0.5, 0.6) is 5.75 Å². The molecule has 3 rings (SSSR count). The Hall–Kier alpha value is -2.15. The number of anilines is 1. The lowest BCUT2D eigenvalue weighted by atomic mass is 10.1. The molecular weight excluding hydrogens is 312 g/mol. The van der Waals surface area contributed by atoms with Gasteiger partial charge < -0.3 is 14.5 Å². The summed E-state index contributed by atoms with van der Waals surface area (Å²) in [6, 6.07) is 7.67. The Labute approximate surface area is 139 Å². The number of carbonyl (C=O) groups is 1. The third-order valence-electron chi connectivity index (χ3n) is 3.91. The summed E-state index contributed by atoms with van der Waals surface area (Å²) in [7, 11) is 1.63. The molecule has 122 valence electrons. The summed E-state index contributed by atoms with van der Waals surface area (Å²) in [4.78, 5) is 21.0.